The van der Waals surface area contributed by atoms with E-state index in [1.807, 2.05) is 13.0 Å². The van der Waals surface area contributed by atoms with Crippen molar-refractivity contribution in [1.82, 2.24) is 14.5 Å². The minimum Gasteiger partial charge on any atom is -0.345 e. The van der Waals surface area contributed by atoms with E-state index in [2.05, 4.69) is 10.3 Å². The fourth-order valence-corrected chi connectivity index (χ4v) is 6.28. The number of amides is 2. The molecule has 0 aliphatic carbocycles. The van der Waals surface area contributed by atoms with Crippen molar-refractivity contribution < 1.29 is 18.0 Å². The molecule has 0 aromatic heterocycles. The molecule has 2 aliphatic heterocycles. The van der Waals surface area contributed by atoms with Crippen molar-refractivity contribution in [3.05, 3.63) is 68.7 Å². The predicted molar refractivity (Wildman–Crippen MR) is 141 cm³/mol. The fourth-order valence-electron chi connectivity index (χ4n) is 4.51. The number of carbonyl (C=O) groups is 2. The van der Waals surface area contributed by atoms with Gasteiger partial charge in [0, 0.05) is 38.3 Å². The van der Waals surface area contributed by atoms with E-state index in [-0.39, 0.29) is 30.7 Å². The van der Waals surface area contributed by atoms with E-state index in [1.54, 1.807) is 44.4 Å². The summed E-state index contributed by atoms with van der Waals surface area (Å²) in [4.78, 5) is 31.2. The molecule has 4 rings (SSSR count). The van der Waals surface area contributed by atoms with Crippen LogP contribution in [0.2, 0.25) is 10.0 Å². The normalized spacial score (nSPS) is 17.7. The minimum absolute atomic E-state index is 0.0498. The Balaban J connectivity index is 1.41. The highest BCUT2D eigenvalue weighted by atomic mass is 35.5. The predicted octanol–water partition coefficient (Wildman–Crippen LogP) is 3.29. The van der Waals surface area contributed by atoms with Gasteiger partial charge < -0.3 is 10.2 Å². The monoisotopic (exact) mass is 550 g/mol. The van der Waals surface area contributed by atoms with Crippen LogP contribution in [-0.4, -0.2) is 73.7 Å². The van der Waals surface area contributed by atoms with Crippen molar-refractivity contribution in [3.63, 3.8) is 0 Å². The van der Waals surface area contributed by atoms with E-state index >= 15 is 0 Å². The van der Waals surface area contributed by atoms with Gasteiger partial charge in [-0.1, -0.05) is 29.3 Å². The van der Waals surface area contributed by atoms with E-state index < -0.39 is 15.6 Å². The molecule has 0 bridgehead atoms. The number of benzene rings is 2. The van der Waals surface area contributed by atoms with E-state index in [0.29, 0.717) is 46.3 Å². The Morgan fingerprint density at radius 2 is 1.81 bits per heavy atom. The van der Waals surface area contributed by atoms with Crippen LogP contribution in [0.3, 0.4) is 0 Å². The Bertz CT molecular complexity index is 1350. The molecule has 1 spiro atoms. The van der Waals surface area contributed by atoms with Crippen LogP contribution in [0, 0.1) is 6.92 Å². The first-order chi connectivity index (χ1) is 16.9. The molecule has 2 heterocycles. The van der Waals surface area contributed by atoms with Crippen molar-refractivity contribution in [2.24, 2.45) is 4.99 Å². The molecule has 0 radical (unpaired) electrons. The summed E-state index contributed by atoms with van der Waals surface area (Å²) in [7, 11) is -0.152. The fraction of sp³-hybridized carbons (Fsp3) is 0.400. The highest BCUT2D eigenvalue weighted by Gasteiger charge is 2.47. The summed E-state index contributed by atoms with van der Waals surface area (Å²) in [6, 6.07) is 10.4. The number of aliphatic imine (C=N–C) groups is 1. The summed E-state index contributed by atoms with van der Waals surface area (Å²) < 4.78 is 27.6. The average Bonchev–Trinajstić information content (AvgIpc) is 3.15. The quantitative estimate of drug-likeness (QED) is 0.596. The van der Waals surface area contributed by atoms with Crippen molar-refractivity contribution in [2.75, 3.05) is 32.9 Å². The lowest BCUT2D eigenvalue weighted by Crippen LogP contribution is -2.50. The Morgan fingerprint density at radius 3 is 2.42 bits per heavy atom. The number of amidine groups is 1. The minimum atomic E-state index is -3.53. The first-order valence-electron chi connectivity index (χ1n) is 11.6. The topological polar surface area (TPSA) is 99.2 Å². The maximum atomic E-state index is 13.1. The second kappa shape index (κ2) is 10.1. The van der Waals surface area contributed by atoms with Crippen molar-refractivity contribution in [3.8, 4) is 0 Å². The van der Waals surface area contributed by atoms with Gasteiger partial charge in [-0.3, -0.25) is 14.6 Å². The zero-order valence-corrected chi connectivity index (χ0v) is 22.7. The lowest BCUT2D eigenvalue weighted by molar-refractivity contribution is -0.124. The van der Waals surface area contributed by atoms with Crippen LogP contribution in [0.25, 0.3) is 0 Å². The van der Waals surface area contributed by atoms with Crippen LogP contribution in [-0.2, 0) is 21.2 Å². The SMILES string of the molecule is Cc1cc(C(=O)N(C)C)ccc1CCS(=O)(=O)N1CCC2(CC1)N=C(c1ccc(Cl)c(Cl)c1)NC2=O. The van der Waals surface area contributed by atoms with Gasteiger partial charge in [0.25, 0.3) is 11.8 Å². The summed E-state index contributed by atoms with van der Waals surface area (Å²) in [5.41, 5.74) is 1.99. The molecule has 11 heteroatoms. The number of rotatable bonds is 6. The van der Waals surface area contributed by atoms with E-state index in [1.165, 1.54) is 9.21 Å². The van der Waals surface area contributed by atoms with Crippen molar-refractivity contribution in [1.29, 1.82) is 0 Å². The van der Waals surface area contributed by atoms with Gasteiger partial charge in [0.15, 0.2) is 0 Å². The first-order valence-corrected chi connectivity index (χ1v) is 13.9. The number of nitrogens with one attached hydrogen (secondary N) is 1. The molecule has 2 aromatic rings. The maximum absolute atomic E-state index is 13.1. The molecule has 2 amide bonds. The Kier molecular flexibility index (Phi) is 7.48. The highest BCUT2D eigenvalue weighted by molar-refractivity contribution is 7.89. The molecule has 0 saturated carbocycles. The number of sulfonamides is 1. The largest absolute Gasteiger partial charge is 0.345 e. The number of hydrogen-bond acceptors (Lipinski definition) is 5. The summed E-state index contributed by atoms with van der Waals surface area (Å²) in [6.45, 7) is 2.30. The van der Waals surface area contributed by atoms with Gasteiger partial charge in [-0.2, -0.15) is 0 Å². The lowest BCUT2D eigenvalue weighted by Gasteiger charge is -2.34. The summed E-state index contributed by atoms with van der Waals surface area (Å²) in [6.07, 6.45) is 0.929. The zero-order chi connectivity index (χ0) is 26.3. The Hall–Kier alpha value is -2.46. The highest BCUT2D eigenvalue weighted by Crippen LogP contribution is 2.33. The summed E-state index contributed by atoms with van der Waals surface area (Å²) >= 11 is 12.1. The number of carbonyl (C=O) groups excluding carboxylic acids is 2. The van der Waals surface area contributed by atoms with Gasteiger partial charge in [-0.05, 0) is 67.6 Å². The van der Waals surface area contributed by atoms with Gasteiger partial charge >= 0.3 is 0 Å². The van der Waals surface area contributed by atoms with Gasteiger partial charge in [0.05, 0.1) is 15.8 Å². The third-order valence-corrected chi connectivity index (χ3v) is 9.35. The first kappa shape index (κ1) is 26.6. The number of hydrogen-bond donors (Lipinski definition) is 1. The van der Waals surface area contributed by atoms with Gasteiger partial charge in [-0.15, -0.1) is 0 Å². The molecule has 192 valence electrons. The molecule has 2 aliphatic rings. The summed E-state index contributed by atoms with van der Waals surface area (Å²) in [5.74, 6) is 0.0387. The molecule has 8 nitrogen and oxygen atoms in total. The van der Waals surface area contributed by atoms with Gasteiger partial charge in [0.1, 0.15) is 11.4 Å². The third-order valence-electron chi connectivity index (χ3n) is 6.74. The number of aryl methyl sites for hydroxylation is 2. The molecule has 36 heavy (non-hydrogen) atoms. The van der Waals surface area contributed by atoms with E-state index in [4.69, 9.17) is 23.2 Å². The van der Waals surface area contributed by atoms with Crippen LogP contribution < -0.4 is 5.32 Å². The van der Waals surface area contributed by atoms with E-state index in [9.17, 15) is 18.0 Å². The van der Waals surface area contributed by atoms with Crippen LogP contribution >= 0.6 is 23.2 Å². The van der Waals surface area contributed by atoms with Crippen LogP contribution in [0.15, 0.2) is 41.4 Å². The average molecular weight is 551 g/mol. The van der Waals surface area contributed by atoms with Crippen molar-refractivity contribution in [2.45, 2.75) is 31.7 Å². The lowest BCUT2D eigenvalue weighted by atomic mass is 9.89. The Morgan fingerprint density at radius 1 is 1.11 bits per heavy atom. The third kappa shape index (κ3) is 5.29. The molecule has 0 unspecified atom stereocenters. The molecule has 1 saturated heterocycles. The molecule has 1 fully saturated rings. The van der Waals surface area contributed by atoms with Crippen molar-refractivity contribution >= 4 is 50.9 Å². The zero-order valence-electron chi connectivity index (χ0n) is 20.3. The van der Waals surface area contributed by atoms with Gasteiger partial charge in [0.2, 0.25) is 10.0 Å². The number of piperidine rings is 1. The molecule has 0 atom stereocenters. The van der Waals surface area contributed by atoms with Crippen LogP contribution in [0.4, 0.5) is 0 Å². The van der Waals surface area contributed by atoms with Gasteiger partial charge in [-0.25, -0.2) is 12.7 Å². The second-order valence-corrected chi connectivity index (χ2v) is 12.3. The molecular weight excluding hydrogens is 523 g/mol. The smallest absolute Gasteiger partial charge is 0.253 e. The van der Waals surface area contributed by atoms with E-state index in [0.717, 1.165) is 11.1 Å². The summed E-state index contributed by atoms with van der Waals surface area (Å²) in [5, 5.41) is 3.59. The van der Waals surface area contributed by atoms with Crippen LogP contribution in [0.5, 0.6) is 0 Å². The number of nitrogens with zero attached hydrogens (tertiary/aromatic N) is 3. The maximum Gasteiger partial charge on any atom is 0.253 e. The van der Waals surface area contributed by atoms with Crippen LogP contribution in [0.1, 0.15) is 39.9 Å². The molecule has 2 aromatic carbocycles. The molecule has 1 N–H and O–H groups in total. The number of halogens is 2. The second-order valence-electron chi connectivity index (χ2n) is 9.38. The Labute approximate surface area is 221 Å². The standard InChI is InChI=1S/C25H28Cl2N4O4S/c1-16-14-19(23(32)30(2)3)5-4-17(16)8-13-36(34,35)31-11-9-25(10-12-31)24(33)28-22(29-25)18-6-7-20(26)21(27)15-18/h4-7,14-15H,8-13H2,1-3H3,(H,28,29,33). The molecular formula is C25H28Cl2N4O4S.